The summed E-state index contributed by atoms with van der Waals surface area (Å²) in [6.45, 7) is 0.751. The number of halogens is 1. The molecule has 0 unspecified atom stereocenters. The lowest BCUT2D eigenvalue weighted by molar-refractivity contribution is 0.575. The van der Waals surface area contributed by atoms with E-state index in [4.69, 9.17) is 0 Å². The van der Waals surface area contributed by atoms with E-state index in [1.54, 1.807) is 30.2 Å². The molecule has 0 saturated carbocycles. The average Bonchev–Trinajstić information content (AvgIpc) is 3.05. The highest BCUT2D eigenvalue weighted by molar-refractivity contribution is 7.99. The molecule has 0 spiro atoms. The van der Waals surface area contributed by atoms with Crippen molar-refractivity contribution < 1.29 is 12.8 Å². The molecule has 0 amide bonds. The topological polar surface area (TPSA) is 64.0 Å². The molecule has 3 rings (SSSR count). The van der Waals surface area contributed by atoms with Crippen molar-refractivity contribution in [3.05, 3.63) is 60.7 Å². The third kappa shape index (κ3) is 5.30. The Morgan fingerprint density at radius 1 is 1.12 bits per heavy atom. The summed E-state index contributed by atoms with van der Waals surface area (Å²) in [6.07, 6.45) is 2.37. The van der Waals surface area contributed by atoms with E-state index >= 15 is 0 Å². The van der Waals surface area contributed by atoms with Crippen molar-refractivity contribution in [2.75, 3.05) is 18.1 Å². The first-order chi connectivity index (χ1) is 12.5. The van der Waals surface area contributed by atoms with Crippen molar-refractivity contribution in [1.29, 1.82) is 0 Å². The fraction of sp³-hybridized carbons (Fsp3) is 0.278. The Labute approximate surface area is 156 Å². The highest BCUT2D eigenvalue weighted by atomic mass is 32.2. The van der Waals surface area contributed by atoms with E-state index in [9.17, 15) is 12.8 Å². The van der Waals surface area contributed by atoms with Crippen LogP contribution in [0.1, 0.15) is 6.42 Å². The molecule has 2 aromatic carbocycles. The Balaban J connectivity index is 1.40. The second kappa shape index (κ2) is 8.66. The zero-order chi connectivity index (χ0) is 18.4. The Bertz CT molecular complexity index is 956. The van der Waals surface area contributed by atoms with Crippen LogP contribution in [0, 0.1) is 5.82 Å². The van der Waals surface area contributed by atoms with Crippen LogP contribution in [0.25, 0.3) is 11.0 Å². The van der Waals surface area contributed by atoms with Gasteiger partial charge in [-0.1, -0.05) is 12.1 Å². The first-order valence-electron chi connectivity index (χ1n) is 8.29. The zero-order valence-corrected chi connectivity index (χ0v) is 15.8. The standard InChI is InChI=1S/C18H20FN3O2S2/c19-15-6-8-16(9-7-15)25-12-3-10-21-26(23,24)13-11-22-14-20-17-4-1-2-5-18(17)22/h1-2,4-9,14,21H,3,10-13H2. The van der Waals surface area contributed by atoms with E-state index in [2.05, 4.69) is 9.71 Å². The molecule has 3 aromatic rings. The van der Waals surface area contributed by atoms with Gasteiger partial charge in [0.2, 0.25) is 10.0 Å². The molecular formula is C18H20FN3O2S2. The van der Waals surface area contributed by atoms with Crippen molar-refractivity contribution in [3.8, 4) is 0 Å². The summed E-state index contributed by atoms with van der Waals surface area (Å²) in [5, 5.41) is 0. The average molecular weight is 394 g/mol. The van der Waals surface area contributed by atoms with Crippen molar-refractivity contribution >= 4 is 32.8 Å². The summed E-state index contributed by atoms with van der Waals surface area (Å²) in [5.41, 5.74) is 1.79. The fourth-order valence-electron chi connectivity index (χ4n) is 2.50. The number of sulfonamides is 1. The highest BCUT2D eigenvalue weighted by Gasteiger charge is 2.11. The summed E-state index contributed by atoms with van der Waals surface area (Å²) in [6, 6.07) is 13.9. The van der Waals surface area contributed by atoms with Gasteiger partial charge in [-0.15, -0.1) is 11.8 Å². The van der Waals surface area contributed by atoms with Gasteiger partial charge in [0, 0.05) is 18.0 Å². The maximum Gasteiger partial charge on any atom is 0.213 e. The van der Waals surface area contributed by atoms with Gasteiger partial charge >= 0.3 is 0 Å². The quantitative estimate of drug-likeness (QED) is 0.448. The van der Waals surface area contributed by atoms with E-state index in [1.807, 2.05) is 28.8 Å². The van der Waals surface area contributed by atoms with Gasteiger partial charge in [-0.05, 0) is 48.6 Å². The van der Waals surface area contributed by atoms with Gasteiger partial charge < -0.3 is 4.57 Å². The molecule has 8 heteroatoms. The number of imidazole rings is 1. The van der Waals surface area contributed by atoms with Crippen molar-refractivity contribution in [1.82, 2.24) is 14.3 Å². The number of hydrogen-bond acceptors (Lipinski definition) is 4. The Morgan fingerprint density at radius 2 is 1.88 bits per heavy atom. The lowest BCUT2D eigenvalue weighted by atomic mass is 10.3. The number of rotatable bonds is 9. The lowest BCUT2D eigenvalue weighted by Crippen LogP contribution is -2.29. The predicted molar refractivity (Wildman–Crippen MR) is 103 cm³/mol. The molecule has 1 heterocycles. The smallest absolute Gasteiger partial charge is 0.213 e. The zero-order valence-electron chi connectivity index (χ0n) is 14.1. The lowest BCUT2D eigenvalue weighted by Gasteiger charge is -2.08. The van der Waals surface area contributed by atoms with Crippen molar-refractivity contribution in [2.45, 2.75) is 17.9 Å². The van der Waals surface area contributed by atoms with Crippen LogP contribution in [0.2, 0.25) is 0 Å². The molecule has 0 fully saturated rings. The number of hydrogen-bond donors (Lipinski definition) is 1. The molecule has 1 aromatic heterocycles. The molecule has 1 N–H and O–H groups in total. The van der Waals surface area contributed by atoms with Gasteiger partial charge in [-0.2, -0.15) is 0 Å². The number of fused-ring (bicyclic) bond motifs is 1. The number of aromatic nitrogens is 2. The van der Waals surface area contributed by atoms with E-state index < -0.39 is 10.0 Å². The highest BCUT2D eigenvalue weighted by Crippen LogP contribution is 2.18. The molecule has 138 valence electrons. The number of thioether (sulfide) groups is 1. The molecule has 0 aliphatic carbocycles. The molecule has 26 heavy (non-hydrogen) atoms. The SMILES string of the molecule is O=S(=O)(CCn1cnc2ccccc21)NCCCSc1ccc(F)cc1. The van der Waals surface area contributed by atoms with Crippen LogP contribution in [0.5, 0.6) is 0 Å². The minimum Gasteiger partial charge on any atom is -0.330 e. The summed E-state index contributed by atoms with van der Waals surface area (Å²) < 4.78 is 41.6. The first-order valence-corrected chi connectivity index (χ1v) is 10.9. The van der Waals surface area contributed by atoms with Crippen LogP contribution in [0.4, 0.5) is 4.39 Å². The monoisotopic (exact) mass is 393 g/mol. The summed E-state index contributed by atoms with van der Waals surface area (Å²) >= 11 is 1.58. The second-order valence-corrected chi connectivity index (χ2v) is 8.89. The van der Waals surface area contributed by atoms with E-state index in [-0.39, 0.29) is 11.6 Å². The van der Waals surface area contributed by atoms with Crippen LogP contribution in [-0.4, -0.2) is 36.0 Å². The predicted octanol–water partition coefficient (Wildman–Crippen LogP) is 3.28. The van der Waals surface area contributed by atoms with Gasteiger partial charge in [0.25, 0.3) is 0 Å². The van der Waals surface area contributed by atoms with Gasteiger partial charge in [0.15, 0.2) is 0 Å². The number of nitrogens with one attached hydrogen (secondary N) is 1. The summed E-state index contributed by atoms with van der Waals surface area (Å²) in [5.74, 6) is 0.520. The van der Waals surface area contributed by atoms with Gasteiger partial charge in [0.05, 0.1) is 23.1 Å². The molecular weight excluding hydrogens is 373 g/mol. The van der Waals surface area contributed by atoms with Gasteiger partial charge in [0.1, 0.15) is 5.82 Å². The number of benzene rings is 2. The van der Waals surface area contributed by atoms with Crippen LogP contribution in [-0.2, 0) is 16.6 Å². The largest absolute Gasteiger partial charge is 0.330 e. The first kappa shape index (κ1) is 18.9. The molecule has 0 bridgehead atoms. The summed E-state index contributed by atoms with van der Waals surface area (Å²) in [4.78, 5) is 5.23. The maximum atomic E-state index is 12.8. The molecule has 0 saturated heterocycles. The summed E-state index contributed by atoms with van der Waals surface area (Å²) in [7, 11) is -3.33. The van der Waals surface area contributed by atoms with E-state index in [0.29, 0.717) is 19.5 Å². The minimum atomic E-state index is -3.33. The van der Waals surface area contributed by atoms with Crippen LogP contribution in [0.15, 0.2) is 59.8 Å². The normalized spacial score (nSPS) is 11.9. The number of nitrogens with zero attached hydrogens (tertiary/aromatic N) is 2. The molecule has 0 radical (unpaired) electrons. The maximum absolute atomic E-state index is 12.8. The van der Waals surface area contributed by atoms with Crippen LogP contribution < -0.4 is 4.72 Å². The third-order valence-corrected chi connectivity index (χ3v) is 6.32. The van der Waals surface area contributed by atoms with E-state index in [1.165, 1.54) is 12.1 Å². The fourth-order valence-corrected chi connectivity index (χ4v) is 4.39. The van der Waals surface area contributed by atoms with Crippen molar-refractivity contribution in [2.24, 2.45) is 0 Å². The van der Waals surface area contributed by atoms with Crippen molar-refractivity contribution in [3.63, 3.8) is 0 Å². The van der Waals surface area contributed by atoms with Crippen LogP contribution >= 0.6 is 11.8 Å². The third-order valence-electron chi connectivity index (χ3n) is 3.85. The minimum absolute atomic E-state index is 0.0124. The Hall–Kier alpha value is -1.90. The van der Waals surface area contributed by atoms with E-state index in [0.717, 1.165) is 21.7 Å². The van der Waals surface area contributed by atoms with Gasteiger partial charge in [-0.25, -0.2) is 22.5 Å². The molecule has 0 aliphatic heterocycles. The molecule has 0 atom stereocenters. The molecule has 5 nitrogen and oxygen atoms in total. The number of para-hydroxylation sites is 2. The molecule has 0 aliphatic rings. The number of aryl methyl sites for hydroxylation is 1. The Morgan fingerprint density at radius 3 is 2.69 bits per heavy atom. The Kier molecular flexibility index (Phi) is 6.29. The van der Waals surface area contributed by atoms with Gasteiger partial charge in [-0.3, -0.25) is 0 Å². The van der Waals surface area contributed by atoms with Crippen LogP contribution in [0.3, 0.4) is 0 Å². The second-order valence-electron chi connectivity index (χ2n) is 5.80.